The molecule has 20 heavy (non-hydrogen) atoms. The highest BCUT2D eigenvalue weighted by Crippen LogP contribution is 2.05. The lowest BCUT2D eigenvalue weighted by Crippen LogP contribution is -2.48. The minimum atomic E-state index is -1.04. The van der Waals surface area contributed by atoms with Gasteiger partial charge in [0.05, 0.1) is 6.61 Å². The van der Waals surface area contributed by atoms with E-state index in [1.807, 2.05) is 0 Å². The van der Waals surface area contributed by atoms with Crippen LogP contribution in [0, 0.1) is 5.41 Å². The number of carbonyl (C=O) groups excluding carboxylic acids is 2. The van der Waals surface area contributed by atoms with Gasteiger partial charge in [-0.1, -0.05) is 51.0 Å². The maximum Gasteiger partial charge on any atom is 0.343 e. The van der Waals surface area contributed by atoms with Crippen LogP contribution >= 0.6 is 11.9 Å². The van der Waals surface area contributed by atoms with Gasteiger partial charge in [-0.3, -0.25) is 10.1 Å². The van der Waals surface area contributed by atoms with Gasteiger partial charge in [0.2, 0.25) is 0 Å². The van der Waals surface area contributed by atoms with Gasteiger partial charge in [-0.25, -0.2) is 9.59 Å². The Bertz CT molecular complexity index is 326. The third-order valence-electron chi connectivity index (χ3n) is 2.55. The first-order valence-electron chi connectivity index (χ1n) is 6.68. The van der Waals surface area contributed by atoms with Crippen LogP contribution in [0.3, 0.4) is 0 Å². The van der Waals surface area contributed by atoms with Gasteiger partial charge in [0.1, 0.15) is 0 Å². The third kappa shape index (κ3) is 7.88. The Kier molecular flexibility index (Phi) is 10.6. The summed E-state index contributed by atoms with van der Waals surface area (Å²) in [4.78, 5) is 23.1. The Balaban J connectivity index is 3.97. The van der Waals surface area contributed by atoms with E-state index in [2.05, 4.69) is 11.6 Å². The van der Waals surface area contributed by atoms with E-state index in [1.165, 1.54) is 19.3 Å². The van der Waals surface area contributed by atoms with Crippen LogP contribution in [0.25, 0.3) is 0 Å². The number of unbranched alkanes of at least 4 members (excludes halogenated alkanes) is 5. The van der Waals surface area contributed by atoms with Crippen LogP contribution in [0.1, 0.15) is 45.4 Å². The maximum absolute atomic E-state index is 11.5. The second-order valence-electron chi connectivity index (χ2n) is 4.21. The number of urea groups is 2. The van der Waals surface area contributed by atoms with Crippen molar-refractivity contribution in [3.63, 3.8) is 0 Å². The van der Waals surface area contributed by atoms with Gasteiger partial charge in [0.25, 0.3) is 0 Å². The van der Waals surface area contributed by atoms with Crippen molar-refractivity contribution >= 4 is 30.0 Å². The molecule has 0 fully saturated rings. The van der Waals surface area contributed by atoms with Gasteiger partial charge in [-0.2, -0.15) is 4.90 Å². The van der Waals surface area contributed by atoms with Gasteiger partial charge in [-0.15, -0.1) is 0 Å². The molecule has 0 bridgehead atoms. The number of amidine groups is 1. The lowest BCUT2D eigenvalue weighted by atomic mass is 10.1. The van der Waals surface area contributed by atoms with E-state index in [0.717, 1.165) is 31.2 Å². The van der Waals surface area contributed by atoms with Crippen molar-refractivity contribution in [3.8, 4) is 0 Å². The Morgan fingerprint density at radius 1 is 1.25 bits per heavy atom. The van der Waals surface area contributed by atoms with Gasteiger partial charge < -0.3 is 10.5 Å². The number of hydrogen-bond donors (Lipinski definition) is 3. The molecule has 4 N–H and O–H groups in total. The second kappa shape index (κ2) is 11.4. The number of amides is 4. The molecule has 0 spiro atoms. The number of imide groups is 1. The molecule has 4 amide bonds. The summed E-state index contributed by atoms with van der Waals surface area (Å²) in [6, 6.07) is -2.36. The zero-order chi connectivity index (χ0) is 15.4. The highest BCUT2D eigenvalue weighted by Gasteiger charge is 2.24. The Labute approximate surface area is 124 Å². The van der Waals surface area contributed by atoms with Crippen LogP contribution in [-0.4, -0.2) is 35.8 Å². The molecule has 0 radical (unpaired) electrons. The smallest absolute Gasteiger partial charge is 0.343 e. The fraction of sp³-hybridized carbons (Fsp3) is 0.750. The molecule has 0 atom stereocenters. The number of primary amides is 1. The number of nitrogens with two attached hydrogens (primary N) is 1. The minimum absolute atomic E-state index is 0.293. The standard InChI is InChI=1S/C12H24N4O3S/c1-3-4-5-6-7-8-9-19-11(14)16(10(13)17)12(18)15-20-2/h14H,3-9H2,1-2H3,(H2,13,17)(H,15,18). The average Bonchev–Trinajstić information content (AvgIpc) is 2.37. The predicted molar refractivity (Wildman–Crippen MR) is 80.5 cm³/mol. The number of rotatable bonds is 8. The first kappa shape index (κ1) is 18.6. The van der Waals surface area contributed by atoms with Crippen LogP contribution in [-0.2, 0) is 4.74 Å². The van der Waals surface area contributed by atoms with Crippen LogP contribution in [0.15, 0.2) is 0 Å². The molecule has 0 rings (SSSR count). The van der Waals surface area contributed by atoms with Crippen LogP contribution in [0.2, 0.25) is 0 Å². The van der Waals surface area contributed by atoms with E-state index in [-0.39, 0.29) is 0 Å². The number of carbonyl (C=O) groups is 2. The highest BCUT2D eigenvalue weighted by molar-refractivity contribution is 7.97. The summed E-state index contributed by atoms with van der Waals surface area (Å²) in [5.41, 5.74) is 5.05. The summed E-state index contributed by atoms with van der Waals surface area (Å²) in [6.07, 6.45) is 8.14. The monoisotopic (exact) mass is 304 g/mol. The summed E-state index contributed by atoms with van der Waals surface area (Å²) in [5, 5.41) is 7.56. The SMILES string of the molecule is CCCCCCCCOC(=N)N(C(N)=O)C(=O)NSC. The first-order valence-corrected chi connectivity index (χ1v) is 7.90. The van der Waals surface area contributed by atoms with Crippen molar-refractivity contribution in [2.45, 2.75) is 45.4 Å². The average molecular weight is 304 g/mol. The lowest BCUT2D eigenvalue weighted by molar-refractivity contribution is 0.193. The molecule has 0 aliphatic heterocycles. The molecular formula is C12H24N4O3S. The molecule has 0 aliphatic rings. The molecule has 0 unspecified atom stereocenters. The van der Waals surface area contributed by atoms with Crippen LogP contribution in [0.4, 0.5) is 9.59 Å². The van der Waals surface area contributed by atoms with E-state index < -0.39 is 18.1 Å². The largest absolute Gasteiger partial charge is 0.465 e. The van der Waals surface area contributed by atoms with Gasteiger partial charge >= 0.3 is 18.1 Å². The van der Waals surface area contributed by atoms with Gasteiger partial charge in [-0.05, 0) is 6.42 Å². The summed E-state index contributed by atoms with van der Waals surface area (Å²) in [6.45, 7) is 2.45. The minimum Gasteiger partial charge on any atom is -0.465 e. The van der Waals surface area contributed by atoms with E-state index in [0.29, 0.717) is 11.5 Å². The molecule has 116 valence electrons. The molecule has 0 heterocycles. The molecule has 8 heteroatoms. The zero-order valence-electron chi connectivity index (χ0n) is 12.1. The summed E-state index contributed by atoms with van der Waals surface area (Å²) in [7, 11) is 0. The van der Waals surface area contributed by atoms with Gasteiger partial charge in [0, 0.05) is 6.26 Å². The molecule has 7 nitrogen and oxygen atoms in total. The van der Waals surface area contributed by atoms with Crippen molar-refractivity contribution in [2.75, 3.05) is 12.9 Å². The predicted octanol–water partition coefficient (Wildman–Crippen LogP) is 2.67. The molecular weight excluding hydrogens is 280 g/mol. The van der Waals surface area contributed by atoms with E-state index in [1.54, 1.807) is 6.26 Å². The summed E-state index contributed by atoms with van der Waals surface area (Å²) < 4.78 is 7.39. The number of ether oxygens (including phenoxy) is 1. The Morgan fingerprint density at radius 2 is 1.85 bits per heavy atom. The van der Waals surface area contributed by atoms with Crippen molar-refractivity contribution < 1.29 is 14.3 Å². The molecule has 0 saturated heterocycles. The van der Waals surface area contributed by atoms with Gasteiger partial charge in [0.15, 0.2) is 0 Å². The van der Waals surface area contributed by atoms with E-state index >= 15 is 0 Å². The topological polar surface area (TPSA) is 109 Å². The summed E-state index contributed by atoms with van der Waals surface area (Å²) >= 11 is 1.01. The Hall–Kier alpha value is -1.44. The zero-order valence-corrected chi connectivity index (χ0v) is 12.9. The molecule has 0 saturated carbocycles. The van der Waals surface area contributed by atoms with Crippen molar-refractivity contribution in [3.05, 3.63) is 0 Å². The first-order chi connectivity index (χ1) is 9.54. The van der Waals surface area contributed by atoms with E-state index in [9.17, 15) is 9.59 Å². The quantitative estimate of drug-likeness (QED) is 0.277. The lowest BCUT2D eigenvalue weighted by Gasteiger charge is -2.18. The highest BCUT2D eigenvalue weighted by atomic mass is 32.2. The number of nitrogens with zero attached hydrogens (tertiary/aromatic N) is 1. The molecule has 0 aromatic heterocycles. The fourth-order valence-electron chi connectivity index (χ4n) is 1.54. The Morgan fingerprint density at radius 3 is 2.40 bits per heavy atom. The third-order valence-corrected chi connectivity index (χ3v) is 2.93. The molecule has 0 aromatic carbocycles. The van der Waals surface area contributed by atoms with Crippen molar-refractivity contribution in [1.29, 1.82) is 5.41 Å². The normalized spacial score (nSPS) is 9.90. The number of nitrogens with one attached hydrogen (secondary N) is 2. The van der Waals surface area contributed by atoms with E-state index in [4.69, 9.17) is 15.9 Å². The maximum atomic E-state index is 11.5. The number of hydrogen-bond acceptors (Lipinski definition) is 5. The van der Waals surface area contributed by atoms with Crippen molar-refractivity contribution in [2.24, 2.45) is 5.73 Å². The summed E-state index contributed by atoms with van der Waals surface area (Å²) in [5.74, 6) is 0. The van der Waals surface area contributed by atoms with Crippen LogP contribution in [0.5, 0.6) is 0 Å². The van der Waals surface area contributed by atoms with Crippen molar-refractivity contribution in [1.82, 2.24) is 9.62 Å². The molecule has 0 aliphatic carbocycles. The van der Waals surface area contributed by atoms with Crippen LogP contribution < -0.4 is 10.5 Å². The molecule has 0 aromatic rings. The second-order valence-corrected chi connectivity index (χ2v) is 4.82. The fourth-order valence-corrected chi connectivity index (χ4v) is 1.81.